The number of piperazine rings is 1. The number of rotatable bonds is 4. The summed E-state index contributed by atoms with van der Waals surface area (Å²) in [5.41, 5.74) is 4.22. The van der Waals surface area contributed by atoms with Crippen molar-refractivity contribution in [3.8, 4) is 0 Å². The lowest BCUT2D eigenvalue weighted by Gasteiger charge is -2.36. The van der Waals surface area contributed by atoms with Gasteiger partial charge in [-0.1, -0.05) is 55.5 Å². The first-order chi connectivity index (χ1) is 10.4. The molecular weight excluding hydrogens is 256 g/mol. The standard InChI is InChI=1S/C19H24N2/c1-2-18-15-21(13-12-20-18)19-11-7-6-10-17(19)14-16-8-4-3-5-9-16/h3-11,18,20H,2,12-15H2,1H3. The van der Waals surface area contributed by atoms with Crippen LogP contribution in [0.25, 0.3) is 0 Å². The van der Waals surface area contributed by atoms with Gasteiger partial charge < -0.3 is 10.2 Å². The SMILES string of the molecule is CCC1CN(c2ccccc2Cc2ccccc2)CCN1. The van der Waals surface area contributed by atoms with Crippen molar-refractivity contribution in [2.24, 2.45) is 0 Å². The molecule has 1 aliphatic heterocycles. The third-order valence-corrected chi connectivity index (χ3v) is 4.32. The van der Waals surface area contributed by atoms with Crippen LogP contribution in [0.1, 0.15) is 24.5 Å². The van der Waals surface area contributed by atoms with Gasteiger partial charge in [0.2, 0.25) is 0 Å². The minimum Gasteiger partial charge on any atom is -0.368 e. The number of anilines is 1. The van der Waals surface area contributed by atoms with Crippen molar-refractivity contribution in [2.45, 2.75) is 25.8 Å². The average Bonchev–Trinajstić information content (AvgIpc) is 2.56. The molecule has 1 fully saturated rings. The van der Waals surface area contributed by atoms with Crippen LogP contribution in [-0.2, 0) is 6.42 Å². The van der Waals surface area contributed by atoms with Gasteiger partial charge in [-0.25, -0.2) is 0 Å². The summed E-state index contributed by atoms with van der Waals surface area (Å²) in [5, 5.41) is 3.60. The lowest BCUT2D eigenvalue weighted by molar-refractivity contribution is 0.446. The van der Waals surface area contributed by atoms with Crippen molar-refractivity contribution in [1.29, 1.82) is 0 Å². The van der Waals surface area contributed by atoms with Crippen LogP contribution in [0, 0.1) is 0 Å². The second kappa shape index (κ2) is 6.77. The van der Waals surface area contributed by atoms with Crippen molar-refractivity contribution >= 4 is 5.69 Å². The van der Waals surface area contributed by atoms with E-state index < -0.39 is 0 Å². The van der Waals surface area contributed by atoms with E-state index in [0.717, 1.165) is 26.1 Å². The summed E-state index contributed by atoms with van der Waals surface area (Å²) in [6.45, 7) is 5.56. The smallest absolute Gasteiger partial charge is 0.0403 e. The van der Waals surface area contributed by atoms with E-state index in [0.29, 0.717) is 6.04 Å². The molecule has 0 saturated carbocycles. The highest BCUT2D eigenvalue weighted by molar-refractivity contribution is 5.55. The highest BCUT2D eigenvalue weighted by Gasteiger charge is 2.19. The van der Waals surface area contributed by atoms with E-state index in [9.17, 15) is 0 Å². The fraction of sp³-hybridized carbons (Fsp3) is 0.368. The molecule has 21 heavy (non-hydrogen) atoms. The zero-order chi connectivity index (χ0) is 14.5. The van der Waals surface area contributed by atoms with Gasteiger partial charge in [0.1, 0.15) is 0 Å². The van der Waals surface area contributed by atoms with Crippen LogP contribution in [0.3, 0.4) is 0 Å². The van der Waals surface area contributed by atoms with Crippen LogP contribution < -0.4 is 10.2 Å². The molecule has 2 aromatic carbocycles. The fourth-order valence-corrected chi connectivity index (χ4v) is 3.10. The quantitative estimate of drug-likeness (QED) is 0.922. The first-order valence-electron chi connectivity index (χ1n) is 7.97. The molecule has 0 spiro atoms. The number of hydrogen-bond donors (Lipinski definition) is 1. The van der Waals surface area contributed by atoms with E-state index in [1.807, 2.05) is 0 Å². The Morgan fingerprint density at radius 2 is 1.81 bits per heavy atom. The Balaban J connectivity index is 1.82. The first-order valence-corrected chi connectivity index (χ1v) is 7.97. The highest BCUT2D eigenvalue weighted by atomic mass is 15.2. The Morgan fingerprint density at radius 3 is 2.62 bits per heavy atom. The van der Waals surface area contributed by atoms with E-state index in [2.05, 4.69) is 71.7 Å². The molecule has 2 nitrogen and oxygen atoms in total. The Morgan fingerprint density at radius 1 is 1.05 bits per heavy atom. The minimum atomic E-state index is 0.614. The average molecular weight is 280 g/mol. The molecule has 1 aliphatic rings. The molecular formula is C19H24N2. The van der Waals surface area contributed by atoms with Gasteiger partial charge in [-0.15, -0.1) is 0 Å². The summed E-state index contributed by atoms with van der Waals surface area (Å²) >= 11 is 0. The van der Waals surface area contributed by atoms with E-state index >= 15 is 0 Å². The second-order valence-corrected chi connectivity index (χ2v) is 5.80. The molecule has 1 saturated heterocycles. The zero-order valence-electron chi connectivity index (χ0n) is 12.8. The summed E-state index contributed by atoms with van der Waals surface area (Å²) in [7, 11) is 0. The van der Waals surface area contributed by atoms with Gasteiger partial charge >= 0.3 is 0 Å². The summed E-state index contributed by atoms with van der Waals surface area (Å²) in [6.07, 6.45) is 2.20. The number of hydrogen-bond acceptors (Lipinski definition) is 2. The van der Waals surface area contributed by atoms with Crippen molar-refractivity contribution in [1.82, 2.24) is 5.32 Å². The molecule has 3 rings (SSSR count). The molecule has 110 valence electrons. The van der Waals surface area contributed by atoms with E-state index in [1.165, 1.54) is 23.2 Å². The Labute approximate surface area is 127 Å². The normalized spacial score (nSPS) is 18.7. The molecule has 1 heterocycles. The summed E-state index contributed by atoms with van der Waals surface area (Å²) in [6, 6.07) is 20.2. The van der Waals surface area contributed by atoms with Crippen LogP contribution in [-0.4, -0.2) is 25.7 Å². The maximum atomic E-state index is 3.60. The Bertz CT molecular complexity index is 565. The molecule has 2 aromatic rings. The van der Waals surface area contributed by atoms with Crippen LogP contribution in [0.2, 0.25) is 0 Å². The van der Waals surface area contributed by atoms with Gasteiger partial charge in [0.05, 0.1) is 0 Å². The Hall–Kier alpha value is -1.80. The van der Waals surface area contributed by atoms with Crippen molar-refractivity contribution in [3.63, 3.8) is 0 Å². The lowest BCUT2D eigenvalue weighted by atomic mass is 10.0. The molecule has 0 radical (unpaired) electrons. The van der Waals surface area contributed by atoms with Crippen molar-refractivity contribution in [3.05, 3.63) is 65.7 Å². The van der Waals surface area contributed by atoms with Gasteiger partial charge in [0.15, 0.2) is 0 Å². The van der Waals surface area contributed by atoms with Gasteiger partial charge in [-0.05, 0) is 30.0 Å². The molecule has 1 N–H and O–H groups in total. The molecule has 1 atom stereocenters. The van der Waals surface area contributed by atoms with Crippen molar-refractivity contribution in [2.75, 3.05) is 24.5 Å². The molecule has 1 unspecified atom stereocenters. The molecule has 0 bridgehead atoms. The lowest BCUT2D eigenvalue weighted by Crippen LogP contribution is -2.50. The largest absolute Gasteiger partial charge is 0.368 e. The van der Waals surface area contributed by atoms with Crippen molar-refractivity contribution < 1.29 is 0 Å². The van der Waals surface area contributed by atoms with E-state index in [1.54, 1.807) is 0 Å². The maximum Gasteiger partial charge on any atom is 0.0403 e. The number of para-hydroxylation sites is 1. The van der Waals surface area contributed by atoms with Gasteiger partial charge in [-0.2, -0.15) is 0 Å². The second-order valence-electron chi connectivity index (χ2n) is 5.80. The van der Waals surface area contributed by atoms with Gasteiger partial charge in [-0.3, -0.25) is 0 Å². The number of nitrogens with one attached hydrogen (secondary N) is 1. The highest BCUT2D eigenvalue weighted by Crippen LogP contribution is 2.24. The van der Waals surface area contributed by atoms with E-state index in [4.69, 9.17) is 0 Å². The predicted molar refractivity (Wildman–Crippen MR) is 90.0 cm³/mol. The maximum absolute atomic E-state index is 3.60. The molecule has 2 heteroatoms. The predicted octanol–water partition coefficient (Wildman–Crippen LogP) is 3.47. The molecule has 0 amide bonds. The van der Waals surface area contributed by atoms with Crippen LogP contribution in [0.5, 0.6) is 0 Å². The summed E-state index contributed by atoms with van der Waals surface area (Å²) in [4.78, 5) is 2.54. The molecule has 0 aromatic heterocycles. The topological polar surface area (TPSA) is 15.3 Å². The van der Waals surface area contributed by atoms with Gasteiger partial charge in [0, 0.05) is 31.4 Å². The van der Waals surface area contributed by atoms with Crippen LogP contribution in [0.15, 0.2) is 54.6 Å². The summed E-state index contributed by atoms with van der Waals surface area (Å²) in [5.74, 6) is 0. The third kappa shape index (κ3) is 3.45. The zero-order valence-corrected chi connectivity index (χ0v) is 12.8. The van der Waals surface area contributed by atoms with E-state index in [-0.39, 0.29) is 0 Å². The number of benzene rings is 2. The monoisotopic (exact) mass is 280 g/mol. The molecule has 0 aliphatic carbocycles. The minimum absolute atomic E-state index is 0.614. The van der Waals surface area contributed by atoms with Gasteiger partial charge in [0.25, 0.3) is 0 Å². The fourth-order valence-electron chi connectivity index (χ4n) is 3.10. The van der Waals surface area contributed by atoms with Crippen LogP contribution >= 0.6 is 0 Å². The Kier molecular flexibility index (Phi) is 4.56. The summed E-state index contributed by atoms with van der Waals surface area (Å²) < 4.78 is 0. The van der Waals surface area contributed by atoms with Crippen LogP contribution in [0.4, 0.5) is 5.69 Å². The third-order valence-electron chi connectivity index (χ3n) is 4.32. The first kappa shape index (κ1) is 14.2. The number of nitrogens with zero attached hydrogens (tertiary/aromatic N) is 1.